The van der Waals surface area contributed by atoms with Gasteiger partial charge in [-0.1, -0.05) is 15.9 Å². The Bertz CT molecular complexity index is 467. The first-order chi connectivity index (χ1) is 9.07. The predicted octanol–water partition coefficient (Wildman–Crippen LogP) is 2.88. The van der Waals surface area contributed by atoms with E-state index in [1.54, 1.807) is 7.11 Å². The maximum absolute atomic E-state index is 11.6. The van der Waals surface area contributed by atoms with Crippen molar-refractivity contribution in [3.63, 3.8) is 0 Å². The Kier molecular flexibility index (Phi) is 4.47. The molecule has 1 aliphatic rings. The van der Waals surface area contributed by atoms with Gasteiger partial charge in [-0.2, -0.15) is 0 Å². The summed E-state index contributed by atoms with van der Waals surface area (Å²) in [7, 11) is 1.59. The molecule has 1 N–H and O–H groups in total. The summed E-state index contributed by atoms with van der Waals surface area (Å²) in [5, 5.41) is 9.55. The van der Waals surface area contributed by atoms with Gasteiger partial charge in [-0.25, -0.2) is 0 Å². The summed E-state index contributed by atoms with van der Waals surface area (Å²) in [5.74, 6) is -0.0800. The Morgan fingerprint density at radius 3 is 2.95 bits per heavy atom. The van der Waals surface area contributed by atoms with Crippen LogP contribution in [-0.4, -0.2) is 31.4 Å². The predicted molar refractivity (Wildman–Crippen MR) is 74.5 cm³/mol. The largest absolute Gasteiger partial charge is 0.496 e. The van der Waals surface area contributed by atoms with E-state index >= 15 is 0 Å². The molecule has 1 heterocycles. The highest BCUT2D eigenvalue weighted by Crippen LogP contribution is 2.36. The molecule has 0 aromatic heterocycles. The number of hydrogen-bond acceptors (Lipinski definition) is 3. The van der Waals surface area contributed by atoms with Crippen LogP contribution in [0.25, 0.3) is 0 Å². The Hall–Kier alpha value is -1.07. The zero-order valence-electron chi connectivity index (χ0n) is 10.8. The van der Waals surface area contributed by atoms with Crippen molar-refractivity contribution in [2.75, 3.05) is 20.3 Å². The lowest BCUT2D eigenvalue weighted by Gasteiger charge is -2.33. The second kappa shape index (κ2) is 5.92. The minimum Gasteiger partial charge on any atom is -0.496 e. The number of carbonyl (C=O) groups is 1. The summed E-state index contributed by atoms with van der Waals surface area (Å²) in [6.07, 6.45) is 1.84. The number of methoxy groups -OCH3 is 1. The molecule has 1 saturated heterocycles. The number of ether oxygens (including phenoxy) is 2. The third-order valence-electron chi connectivity index (χ3n) is 3.55. The number of hydrogen-bond donors (Lipinski definition) is 1. The van der Waals surface area contributed by atoms with E-state index in [-0.39, 0.29) is 6.61 Å². The molecule has 1 aromatic carbocycles. The van der Waals surface area contributed by atoms with Crippen LogP contribution in [-0.2, 0) is 16.0 Å². The number of aliphatic carboxylic acids is 1. The van der Waals surface area contributed by atoms with Crippen molar-refractivity contribution in [3.8, 4) is 5.75 Å². The van der Waals surface area contributed by atoms with Gasteiger partial charge >= 0.3 is 5.97 Å². The zero-order valence-corrected chi connectivity index (χ0v) is 12.4. The van der Waals surface area contributed by atoms with E-state index in [0.717, 1.165) is 22.2 Å². The maximum atomic E-state index is 11.6. The first-order valence-electron chi connectivity index (χ1n) is 6.21. The van der Waals surface area contributed by atoms with Gasteiger partial charge in [0.1, 0.15) is 5.75 Å². The van der Waals surface area contributed by atoms with Gasteiger partial charge in [-0.3, -0.25) is 4.79 Å². The van der Waals surface area contributed by atoms with E-state index < -0.39 is 11.4 Å². The van der Waals surface area contributed by atoms with E-state index in [4.69, 9.17) is 9.47 Å². The van der Waals surface area contributed by atoms with E-state index in [9.17, 15) is 9.90 Å². The molecular weight excluding hydrogens is 312 g/mol. The van der Waals surface area contributed by atoms with Crippen LogP contribution in [0.4, 0.5) is 0 Å². The van der Waals surface area contributed by atoms with Crippen LogP contribution >= 0.6 is 15.9 Å². The Morgan fingerprint density at radius 1 is 1.58 bits per heavy atom. The van der Waals surface area contributed by atoms with Gasteiger partial charge in [-0.05, 0) is 43.0 Å². The number of carboxylic acids is 1. The minimum absolute atomic E-state index is 0.262. The highest BCUT2D eigenvalue weighted by atomic mass is 79.9. The molecule has 1 atom stereocenters. The van der Waals surface area contributed by atoms with Crippen LogP contribution in [0.5, 0.6) is 5.75 Å². The molecule has 0 amide bonds. The quantitative estimate of drug-likeness (QED) is 0.923. The van der Waals surface area contributed by atoms with Crippen molar-refractivity contribution in [1.29, 1.82) is 0 Å². The van der Waals surface area contributed by atoms with Gasteiger partial charge in [0.25, 0.3) is 0 Å². The van der Waals surface area contributed by atoms with E-state index in [0.29, 0.717) is 19.4 Å². The topological polar surface area (TPSA) is 55.8 Å². The molecule has 0 saturated carbocycles. The second-order valence-electron chi connectivity index (χ2n) is 4.87. The summed E-state index contributed by atoms with van der Waals surface area (Å²) in [6.45, 7) is 0.905. The lowest BCUT2D eigenvalue weighted by molar-refractivity contribution is -0.157. The summed E-state index contributed by atoms with van der Waals surface area (Å²) < 4.78 is 11.6. The SMILES string of the molecule is COc1ccc(Br)cc1CC1(C(=O)O)CCCOC1. The van der Waals surface area contributed by atoms with Crippen LogP contribution < -0.4 is 4.74 Å². The third-order valence-corrected chi connectivity index (χ3v) is 4.04. The van der Waals surface area contributed by atoms with Crippen LogP contribution in [0, 0.1) is 5.41 Å². The molecule has 104 valence electrons. The summed E-state index contributed by atoms with van der Waals surface area (Å²) >= 11 is 3.41. The Morgan fingerprint density at radius 2 is 2.37 bits per heavy atom. The lowest BCUT2D eigenvalue weighted by Crippen LogP contribution is -2.41. The molecule has 2 rings (SSSR count). The summed E-state index contributed by atoms with van der Waals surface area (Å²) in [4.78, 5) is 11.6. The fourth-order valence-corrected chi connectivity index (χ4v) is 2.89. The highest BCUT2D eigenvalue weighted by Gasteiger charge is 2.41. The molecule has 1 fully saturated rings. The van der Waals surface area contributed by atoms with Crippen LogP contribution in [0.2, 0.25) is 0 Å². The average Bonchev–Trinajstić information content (AvgIpc) is 2.40. The standard InChI is InChI=1S/C14H17BrO4/c1-18-12-4-3-11(15)7-10(12)8-14(13(16)17)5-2-6-19-9-14/h3-4,7H,2,5-6,8-9H2,1H3,(H,16,17). The third kappa shape index (κ3) is 3.09. The number of benzene rings is 1. The molecule has 4 nitrogen and oxygen atoms in total. The van der Waals surface area contributed by atoms with Crippen molar-refractivity contribution >= 4 is 21.9 Å². The summed E-state index contributed by atoms with van der Waals surface area (Å²) in [5.41, 5.74) is 0.0524. The summed E-state index contributed by atoms with van der Waals surface area (Å²) in [6, 6.07) is 5.64. The second-order valence-corrected chi connectivity index (χ2v) is 5.79. The average molecular weight is 329 g/mol. The van der Waals surface area contributed by atoms with Crippen LogP contribution in [0.3, 0.4) is 0 Å². The maximum Gasteiger partial charge on any atom is 0.312 e. The molecule has 0 bridgehead atoms. The van der Waals surface area contributed by atoms with Crippen molar-refractivity contribution in [3.05, 3.63) is 28.2 Å². The molecule has 19 heavy (non-hydrogen) atoms. The first kappa shape index (κ1) is 14.3. The Balaban J connectivity index is 2.31. The van der Waals surface area contributed by atoms with Crippen LogP contribution in [0.15, 0.2) is 22.7 Å². The lowest BCUT2D eigenvalue weighted by atomic mass is 9.77. The fraction of sp³-hybridized carbons (Fsp3) is 0.500. The highest BCUT2D eigenvalue weighted by molar-refractivity contribution is 9.10. The van der Waals surface area contributed by atoms with Gasteiger partial charge in [0.2, 0.25) is 0 Å². The van der Waals surface area contributed by atoms with Crippen LogP contribution in [0.1, 0.15) is 18.4 Å². The van der Waals surface area contributed by atoms with E-state index in [1.807, 2.05) is 18.2 Å². The molecule has 0 spiro atoms. The zero-order chi connectivity index (χ0) is 13.9. The Labute approximate surface area is 120 Å². The van der Waals surface area contributed by atoms with Crippen molar-refractivity contribution < 1.29 is 19.4 Å². The molecule has 0 aliphatic carbocycles. The normalized spacial score (nSPS) is 23.1. The fourth-order valence-electron chi connectivity index (χ4n) is 2.49. The molecule has 5 heteroatoms. The van der Waals surface area contributed by atoms with Gasteiger partial charge in [-0.15, -0.1) is 0 Å². The molecule has 1 unspecified atom stereocenters. The molecular formula is C14H17BrO4. The first-order valence-corrected chi connectivity index (χ1v) is 7.00. The molecule has 1 aromatic rings. The van der Waals surface area contributed by atoms with Crippen molar-refractivity contribution in [2.45, 2.75) is 19.3 Å². The van der Waals surface area contributed by atoms with Crippen molar-refractivity contribution in [2.24, 2.45) is 5.41 Å². The van der Waals surface area contributed by atoms with Gasteiger partial charge < -0.3 is 14.6 Å². The number of halogens is 1. The molecule has 0 radical (unpaired) electrons. The van der Waals surface area contributed by atoms with E-state index in [2.05, 4.69) is 15.9 Å². The number of carboxylic acid groups (broad SMARTS) is 1. The van der Waals surface area contributed by atoms with Crippen molar-refractivity contribution in [1.82, 2.24) is 0 Å². The van der Waals surface area contributed by atoms with E-state index in [1.165, 1.54) is 0 Å². The monoisotopic (exact) mass is 328 g/mol. The smallest absolute Gasteiger partial charge is 0.312 e. The van der Waals surface area contributed by atoms with Gasteiger partial charge in [0.05, 0.1) is 19.1 Å². The van der Waals surface area contributed by atoms with Gasteiger partial charge in [0, 0.05) is 11.1 Å². The molecule has 1 aliphatic heterocycles. The number of rotatable bonds is 4. The van der Waals surface area contributed by atoms with Gasteiger partial charge in [0.15, 0.2) is 0 Å². The minimum atomic E-state index is -0.841.